The topological polar surface area (TPSA) is 48.4 Å². The van der Waals surface area contributed by atoms with Gasteiger partial charge in [0.05, 0.1) is 19.8 Å². The molecular weight excluding hydrogens is 202 g/mol. The summed E-state index contributed by atoms with van der Waals surface area (Å²) in [5.74, 6) is 1.68. The molecule has 3 heteroatoms. The van der Waals surface area contributed by atoms with Crippen LogP contribution in [0.2, 0.25) is 0 Å². The third kappa shape index (κ3) is 1.54. The third-order valence-electron chi connectivity index (χ3n) is 2.87. The van der Waals surface area contributed by atoms with Crippen molar-refractivity contribution in [2.45, 2.75) is 19.8 Å². The predicted molar refractivity (Wildman–Crippen MR) is 60.5 cm³/mol. The molecule has 0 saturated heterocycles. The fraction of sp³-hybridized carbons (Fsp3) is 0.231. The van der Waals surface area contributed by atoms with E-state index in [4.69, 9.17) is 14.9 Å². The molecule has 1 aromatic heterocycles. The summed E-state index contributed by atoms with van der Waals surface area (Å²) in [6.07, 6.45) is 0. The fourth-order valence-electron chi connectivity index (χ4n) is 1.97. The second kappa shape index (κ2) is 3.77. The average Bonchev–Trinajstić information content (AvgIpc) is 2.96. The van der Waals surface area contributed by atoms with Gasteiger partial charge in [0, 0.05) is 5.56 Å². The van der Waals surface area contributed by atoms with Gasteiger partial charge in [0.15, 0.2) is 0 Å². The Labute approximate surface area is 93.8 Å². The second-order valence-corrected chi connectivity index (χ2v) is 3.95. The van der Waals surface area contributed by atoms with Crippen molar-refractivity contribution >= 4 is 0 Å². The van der Waals surface area contributed by atoms with Gasteiger partial charge in [0.1, 0.15) is 11.5 Å². The molecule has 16 heavy (non-hydrogen) atoms. The number of furan rings is 1. The molecule has 0 saturated carbocycles. The highest BCUT2D eigenvalue weighted by Crippen LogP contribution is 2.28. The van der Waals surface area contributed by atoms with Crippen LogP contribution in [0.25, 0.3) is 11.3 Å². The van der Waals surface area contributed by atoms with E-state index in [0.29, 0.717) is 13.2 Å². The van der Waals surface area contributed by atoms with Crippen molar-refractivity contribution in [2.75, 3.05) is 0 Å². The minimum Gasteiger partial charge on any atom is -0.460 e. The molecule has 0 fully saturated rings. The maximum Gasteiger partial charge on any atom is 0.134 e. The molecule has 3 rings (SSSR count). The zero-order chi connectivity index (χ0) is 11.0. The van der Waals surface area contributed by atoms with E-state index in [1.807, 2.05) is 12.1 Å². The largest absolute Gasteiger partial charge is 0.460 e. The second-order valence-electron chi connectivity index (χ2n) is 3.95. The number of ether oxygens (including phenoxy) is 1. The summed E-state index contributed by atoms with van der Waals surface area (Å²) in [7, 11) is 0. The van der Waals surface area contributed by atoms with E-state index in [1.165, 1.54) is 11.1 Å². The summed E-state index contributed by atoms with van der Waals surface area (Å²) in [6, 6.07) is 10.2. The Kier molecular flexibility index (Phi) is 2.27. The van der Waals surface area contributed by atoms with Crippen molar-refractivity contribution in [1.29, 1.82) is 0 Å². The molecule has 1 aliphatic heterocycles. The zero-order valence-corrected chi connectivity index (χ0v) is 8.90. The van der Waals surface area contributed by atoms with Crippen LogP contribution in [-0.4, -0.2) is 0 Å². The normalized spacial score (nSPS) is 14.1. The number of benzene rings is 1. The van der Waals surface area contributed by atoms with Crippen LogP contribution in [0.3, 0.4) is 0 Å². The first-order chi connectivity index (χ1) is 7.86. The molecule has 0 atom stereocenters. The van der Waals surface area contributed by atoms with Crippen LogP contribution in [0.1, 0.15) is 16.9 Å². The van der Waals surface area contributed by atoms with E-state index >= 15 is 0 Å². The van der Waals surface area contributed by atoms with E-state index in [1.54, 1.807) is 0 Å². The Hall–Kier alpha value is -1.58. The lowest BCUT2D eigenvalue weighted by molar-refractivity contribution is 0.134. The summed E-state index contributed by atoms with van der Waals surface area (Å²) in [5, 5.41) is 0. The highest BCUT2D eigenvalue weighted by Gasteiger charge is 2.13. The van der Waals surface area contributed by atoms with Gasteiger partial charge in [0.2, 0.25) is 0 Å². The molecule has 2 heterocycles. The summed E-state index contributed by atoms with van der Waals surface area (Å²) in [6.45, 7) is 1.86. The third-order valence-corrected chi connectivity index (χ3v) is 2.87. The van der Waals surface area contributed by atoms with E-state index in [-0.39, 0.29) is 0 Å². The molecule has 3 nitrogen and oxygen atoms in total. The lowest BCUT2D eigenvalue weighted by atomic mass is 10.1. The van der Waals surface area contributed by atoms with Crippen molar-refractivity contribution in [3.8, 4) is 11.3 Å². The van der Waals surface area contributed by atoms with Crippen LogP contribution >= 0.6 is 0 Å². The van der Waals surface area contributed by atoms with E-state index in [9.17, 15) is 0 Å². The smallest absolute Gasteiger partial charge is 0.134 e. The molecule has 0 bridgehead atoms. The Morgan fingerprint density at radius 3 is 2.75 bits per heavy atom. The van der Waals surface area contributed by atoms with Crippen LogP contribution in [0.15, 0.2) is 34.7 Å². The SMILES string of the molecule is NCc1ccc(-c2ccc3c(c2)COC3)o1. The molecule has 82 valence electrons. The van der Waals surface area contributed by atoms with Crippen molar-refractivity contribution in [3.63, 3.8) is 0 Å². The minimum atomic E-state index is 0.439. The van der Waals surface area contributed by atoms with Gasteiger partial charge in [-0.1, -0.05) is 12.1 Å². The van der Waals surface area contributed by atoms with Gasteiger partial charge < -0.3 is 14.9 Å². The van der Waals surface area contributed by atoms with Gasteiger partial charge in [-0.3, -0.25) is 0 Å². The average molecular weight is 215 g/mol. The minimum absolute atomic E-state index is 0.439. The number of fused-ring (bicyclic) bond motifs is 1. The number of hydrogen-bond acceptors (Lipinski definition) is 3. The van der Waals surface area contributed by atoms with Crippen molar-refractivity contribution in [1.82, 2.24) is 0 Å². The maximum absolute atomic E-state index is 5.61. The Balaban J connectivity index is 2.00. The van der Waals surface area contributed by atoms with Gasteiger partial charge >= 0.3 is 0 Å². The van der Waals surface area contributed by atoms with Crippen LogP contribution in [0.5, 0.6) is 0 Å². The van der Waals surface area contributed by atoms with Crippen LogP contribution in [-0.2, 0) is 24.5 Å². The monoisotopic (exact) mass is 215 g/mol. The molecule has 2 aromatic rings. The van der Waals surface area contributed by atoms with E-state index in [0.717, 1.165) is 23.7 Å². The number of rotatable bonds is 2. The first kappa shape index (κ1) is 9.63. The lowest BCUT2D eigenvalue weighted by Gasteiger charge is -2.00. The van der Waals surface area contributed by atoms with E-state index in [2.05, 4.69) is 18.2 Å². The van der Waals surface area contributed by atoms with Crippen molar-refractivity contribution in [3.05, 3.63) is 47.2 Å². The molecule has 2 N–H and O–H groups in total. The summed E-state index contributed by atoms with van der Waals surface area (Å²) in [4.78, 5) is 0. The van der Waals surface area contributed by atoms with Crippen LogP contribution in [0, 0.1) is 0 Å². The molecule has 0 radical (unpaired) electrons. The maximum atomic E-state index is 5.61. The lowest BCUT2D eigenvalue weighted by Crippen LogP contribution is -1.92. The van der Waals surface area contributed by atoms with Crippen molar-refractivity contribution in [2.24, 2.45) is 5.73 Å². The Morgan fingerprint density at radius 1 is 1.06 bits per heavy atom. The Bertz CT molecular complexity index is 516. The summed E-state index contributed by atoms with van der Waals surface area (Å²) in [5.41, 5.74) is 9.13. The zero-order valence-electron chi connectivity index (χ0n) is 8.90. The van der Waals surface area contributed by atoms with Gasteiger partial charge in [0.25, 0.3) is 0 Å². The van der Waals surface area contributed by atoms with E-state index < -0.39 is 0 Å². The molecule has 0 amide bonds. The van der Waals surface area contributed by atoms with Gasteiger partial charge in [-0.2, -0.15) is 0 Å². The number of nitrogens with two attached hydrogens (primary N) is 1. The Morgan fingerprint density at radius 2 is 1.94 bits per heavy atom. The number of hydrogen-bond donors (Lipinski definition) is 1. The summed E-state index contributed by atoms with van der Waals surface area (Å²) < 4.78 is 11.0. The quantitative estimate of drug-likeness (QED) is 0.837. The molecule has 1 aliphatic rings. The molecular formula is C13H13NO2. The van der Waals surface area contributed by atoms with Crippen LogP contribution < -0.4 is 5.73 Å². The van der Waals surface area contributed by atoms with Gasteiger partial charge in [-0.25, -0.2) is 0 Å². The highest BCUT2D eigenvalue weighted by atomic mass is 16.5. The standard InChI is InChI=1S/C13H13NO2/c14-6-12-3-4-13(16-12)9-1-2-10-7-15-8-11(10)5-9/h1-5H,6-8,14H2. The molecule has 1 aromatic carbocycles. The summed E-state index contributed by atoms with van der Waals surface area (Å²) >= 11 is 0. The molecule has 0 spiro atoms. The highest BCUT2D eigenvalue weighted by molar-refractivity contribution is 5.60. The first-order valence-corrected chi connectivity index (χ1v) is 5.35. The van der Waals surface area contributed by atoms with Gasteiger partial charge in [-0.15, -0.1) is 0 Å². The first-order valence-electron chi connectivity index (χ1n) is 5.35. The van der Waals surface area contributed by atoms with Gasteiger partial charge in [-0.05, 0) is 29.3 Å². The predicted octanol–water partition coefficient (Wildman–Crippen LogP) is 2.44. The van der Waals surface area contributed by atoms with Crippen LogP contribution in [0.4, 0.5) is 0 Å². The molecule has 0 aliphatic carbocycles. The molecule has 0 unspecified atom stereocenters. The van der Waals surface area contributed by atoms with Crippen molar-refractivity contribution < 1.29 is 9.15 Å². The fourth-order valence-corrected chi connectivity index (χ4v) is 1.97.